The van der Waals surface area contributed by atoms with Crippen LogP contribution in [0.4, 0.5) is 5.82 Å². The second-order valence-corrected chi connectivity index (χ2v) is 4.75. The summed E-state index contributed by atoms with van der Waals surface area (Å²) < 4.78 is 1.60. The molecule has 6 heteroatoms. The fraction of sp³-hybridized carbons (Fsp3) is 0.400. The van der Waals surface area contributed by atoms with Crippen LogP contribution >= 0.6 is 11.3 Å². The van der Waals surface area contributed by atoms with Gasteiger partial charge in [-0.15, -0.1) is 11.3 Å². The third-order valence-electron chi connectivity index (χ3n) is 2.26. The van der Waals surface area contributed by atoms with Crippen molar-refractivity contribution in [3.8, 4) is 10.6 Å². The number of rotatable bonds is 3. The Labute approximate surface area is 97.5 Å². The van der Waals surface area contributed by atoms with Crippen LogP contribution in [0.15, 0.2) is 6.07 Å². The van der Waals surface area contributed by atoms with Crippen LogP contribution in [0.25, 0.3) is 10.6 Å². The van der Waals surface area contributed by atoms with E-state index in [-0.39, 0.29) is 6.61 Å². The smallest absolute Gasteiger partial charge is 0.122 e. The number of aryl methyl sites for hydroxylation is 2. The summed E-state index contributed by atoms with van der Waals surface area (Å²) in [5.74, 6) is 0.564. The van der Waals surface area contributed by atoms with Crippen molar-refractivity contribution in [2.24, 2.45) is 0 Å². The van der Waals surface area contributed by atoms with Crippen LogP contribution in [0, 0.1) is 13.8 Å². The van der Waals surface area contributed by atoms with Gasteiger partial charge in [0, 0.05) is 6.07 Å². The lowest BCUT2D eigenvalue weighted by molar-refractivity contribution is 0.270. The molecule has 0 unspecified atom stereocenters. The van der Waals surface area contributed by atoms with E-state index in [0.29, 0.717) is 12.4 Å². The van der Waals surface area contributed by atoms with E-state index in [1.807, 2.05) is 19.9 Å². The van der Waals surface area contributed by atoms with Crippen molar-refractivity contribution in [3.05, 3.63) is 16.8 Å². The van der Waals surface area contributed by atoms with E-state index in [4.69, 9.17) is 10.8 Å². The van der Waals surface area contributed by atoms with Crippen molar-refractivity contribution in [2.75, 3.05) is 12.3 Å². The SMILES string of the molecule is Cc1nc(C)c(-c2cc(N)n(CCO)n2)s1. The minimum Gasteiger partial charge on any atom is -0.394 e. The fourth-order valence-electron chi connectivity index (χ4n) is 1.58. The second-order valence-electron chi connectivity index (χ2n) is 3.55. The predicted molar refractivity (Wildman–Crippen MR) is 64.3 cm³/mol. The number of aromatic nitrogens is 3. The Kier molecular flexibility index (Phi) is 2.93. The highest BCUT2D eigenvalue weighted by atomic mass is 32.1. The zero-order valence-corrected chi connectivity index (χ0v) is 10.1. The number of hydrogen-bond acceptors (Lipinski definition) is 5. The monoisotopic (exact) mass is 238 g/mol. The molecule has 0 aromatic carbocycles. The number of nitrogens with zero attached hydrogens (tertiary/aromatic N) is 3. The second kappa shape index (κ2) is 4.23. The van der Waals surface area contributed by atoms with Crippen LogP contribution in [-0.2, 0) is 6.54 Å². The topological polar surface area (TPSA) is 77.0 Å². The zero-order valence-electron chi connectivity index (χ0n) is 9.27. The molecule has 5 nitrogen and oxygen atoms in total. The third-order valence-corrected chi connectivity index (χ3v) is 3.35. The van der Waals surface area contributed by atoms with Gasteiger partial charge in [-0.25, -0.2) is 9.67 Å². The molecule has 0 radical (unpaired) electrons. The number of nitrogens with two attached hydrogens (primary N) is 1. The first-order chi connectivity index (χ1) is 7.61. The van der Waals surface area contributed by atoms with Crippen LogP contribution in [0.2, 0.25) is 0 Å². The number of thiazole rings is 1. The molecule has 0 saturated heterocycles. The van der Waals surface area contributed by atoms with Gasteiger partial charge in [0.25, 0.3) is 0 Å². The predicted octanol–water partition coefficient (Wildman–Crippen LogP) is 1.20. The summed E-state index contributed by atoms with van der Waals surface area (Å²) in [6.45, 7) is 4.38. The zero-order chi connectivity index (χ0) is 11.7. The van der Waals surface area contributed by atoms with E-state index in [1.165, 1.54) is 0 Å². The van der Waals surface area contributed by atoms with Gasteiger partial charge in [0.05, 0.1) is 28.7 Å². The molecule has 86 valence electrons. The molecular formula is C10H14N4OS. The van der Waals surface area contributed by atoms with Crippen molar-refractivity contribution in [2.45, 2.75) is 20.4 Å². The van der Waals surface area contributed by atoms with E-state index in [1.54, 1.807) is 16.0 Å². The molecule has 0 aliphatic heterocycles. The summed E-state index contributed by atoms with van der Waals surface area (Å²) >= 11 is 1.60. The summed E-state index contributed by atoms with van der Waals surface area (Å²) in [6, 6.07) is 1.82. The number of anilines is 1. The number of aliphatic hydroxyl groups excluding tert-OH is 1. The van der Waals surface area contributed by atoms with Crippen molar-refractivity contribution in [3.63, 3.8) is 0 Å². The van der Waals surface area contributed by atoms with Crippen LogP contribution < -0.4 is 5.73 Å². The quantitative estimate of drug-likeness (QED) is 0.842. The molecule has 0 amide bonds. The largest absolute Gasteiger partial charge is 0.394 e. The number of nitrogen functional groups attached to an aromatic ring is 1. The Morgan fingerprint density at radius 1 is 1.50 bits per heavy atom. The average Bonchev–Trinajstić information content (AvgIpc) is 2.72. The van der Waals surface area contributed by atoms with Crippen molar-refractivity contribution in [1.29, 1.82) is 0 Å². The highest BCUT2D eigenvalue weighted by Crippen LogP contribution is 2.29. The van der Waals surface area contributed by atoms with Crippen LogP contribution in [0.1, 0.15) is 10.7 Å². The molecule has 2 aromatic rings. The van der Waals surface area contributed by atoms with E-state index >= 15 is 0 Å². The average molecular weight is 238 g/mol. The standard InChI is InChI=1S/C10H14N4OS/c1-6-10(16-7(2)12-6)8-5-9(11)14(13-8)3-4-15/h5,15H,3-4,11H2,1-2H3. The minimum atomic E-state index is 0.0338. The Balaban J connectivity index is 2.41. The summed E-state index contributed by atoms with van der Waals surface area (Å²) in [4.78, 5) is 5.39. The minimum absolute atomic E-state index is 0.0338. The van der Waals surface area contributed by atoms with Crippen LogP contribution in [0.3, 0.4) is 0 Å². The molecule has 0 bridgehead atoms. The molecular weight excluding hydrogens is 224 g/mol. The summed E-state index contributed by atoms with van der Waals surface area (Å²) in [5, 5.41) is 14.2. The molecule has 0 saturated carbocycles. The van der Waals surface area contributed by atoms with Gasteiger partial charge < -0.3 is 10.8 Å². The van der Waals surface area contributed by atoms with Gasteiger partial charge in [-0.3, -0.25) is 0 Å². The molecule has 3 N–H and O–H groups in total. The molecule has 0 aliphatic rings. The highest BCUT2D eigenvalue weighted by Gasteiger charge is 2.12. The highest BCUT2D eigenvalue weighted by molar-refractivity contribution is 7.15. The first-order valence-electron chi connectivity index (χ1n) is 5.00. The molecule has 2 rings (SSSR count). The van der Waals surface area contributed by atoms with Crippen molar-refractivity contribution >= 4 is 17.2 Å². The van der Waals surface area contributed by atoms with Gasteiger partial charge in [0.1, 0.15) is 11.5 Å². The maximum absolute atomic E-state index is 8.86. The van der Waals surface area contributed by atoms with Crippen molar-refractivity contribution in [1.82, 2.24) is 14.8 Å². The lowest BCUT2D eigenvalue weighted by atomic mass is 10.3. The van der Waals surface area contributed by atoms with Crippen molar-refractivity contribution < 1.29 is 5.11 Å². The summed E-state index contributed by atoms with van der Waals surface area (Å²) in [5.41, 5.74) is 7.59. The lowest BCUT2D eigenvalue weighted by Gasteiger charge is -1.98. The van der Waals surface area contributed by atoms with Gasteiger partial charge >= 0.3 is 0 Å². The molecule has 0 aliphatic carbocycles. The molecule has 2 aromatic heterocycles. The lowest BCUT2D eigenvalue weighted by Crippen LogP contribution is -2.07. The Bertz CT molecular complexity index is 503. The molecule has 2 heterocycles. The van der Waals surface area contributed by atoms with E-state index < -0.39 is 0 Å². The van der Waals surface area contributed by atoms with E-state index in [2.05, 4.69) is 10.1 Å². The Morgan fingerprint density at radius 3 is 2.81 bits per heavy atom. The summed E-state index contributed by atoms with van der Waals surface area (Å²) in [6.07, 6.45) is 0. The van der Waals surface area contributed by atoms with Gasteiger partial charge in [-0.1, -0.05) is 0 Å². The molecule has 0 atom stereocenters. The normalized spacial score (nSPS) is 10.9. The van der Waals surface area contributed by atoms with Crippen LogP contribution in [0.5, 0.6) is 0 Å². The summed E-state index contributed by atoms with van der Waals surface area (Å²) in [7, 11) is 0. The molecule has 0 fully saturated rings. The number of aliphatic hydroxyl groups is 1. The molecule has 0 spiro atoms. The van der Waals surface area contributed by atoms with E-state index in [0.717, 1.165) is 21.3 Å². The third kappa shape index (κ3) is 1.94. The van der Waals surface area contributed by atoms with Gasteiger partial charge in [-0.05, 0) is 13.8 Å². The maximum atomic E-state index is 8.86. The Morgan fingerprint density at radius 2 is 2.25 bits per heavy atom. The fourth-order valence-corrected chi connectivity index (χ4v) is 2.46. The van der Waals surface area contributed by atoms with Gasteiger partial charge in [0.15, 0.2) is 0 Å². The number of hydrogen-bond donors (Lipinski definition) is 2. The van der Waals surface area contributed by atoms with Crippen LogP contribution in [-0.4, -0.2) is 26.5 Å². The first kappa shape index (κ1) is 11.1. The van der Waals surface area contributed by atoms with Gasteiger partial charge in [0.2, 0.25) is 0 Å². The Hall–Kier alpha value is -1.40. The maximum Gasteiger partial charge on any atom is 0.122 e. The molecule has 16 heavy (non-hydrogen) atoms. The van der Waals surface area contributed by atoms with Gasteiger partial charge in [-0.2, -0.15) is 5.10 Å². The van der Waals surface area contributed by atoms with E-state index in [9.17, 15) is 0 Å². The first-order valence-corrected chi connectivity index (χ1v) is 5.82.